The zero-order valence-electron chi connectivity index (χ0n) is 17.2. The second kappa shape index (κ2) is 9.56. The third-order valence-electron chi connectivity index (χ3n) is 5.01. The number of carbonyl (C=O) groups excluding carboxylic acids is 2. The van der Waals surface area contributed by atoms with Crippen LogP contribution in [0.4, 0.5) is 4.79 Å². The molecule has 2 N–H and O–H groups in total. The zero-order valence-corrected chi connectivity index (χ0v) is 17.2. The summed E-state index contributed by atoms with van der Waals surface area (Å²) >= 11 is 0. The van der Waals surface area contributed by atoms with Crippen LogP contribution in [0.1, 0.15) is 48.3 Å². The van der Waals surface area contributed by atoms with Crippen LogP contribution >= 0.6 is 0 Å². The fraction of sp³-hybridized carbons (Fsp3) is 0.391. The lowest BCUT2D eigenvalue weighted by atomic mass is 10.1. The van der Waals surface area contributed by atoms with Crippen LogP contribution < -0.4 is 10.6 Å². The maximum atomic E-state index is 12.7. The maximum absolute atomic E-state index is 12.7. The van der Waals surface area contributed by atoms with E-state index in [1.807, 2.05) is 80.3 Å². The Kier molecular flexibility index (Phi) is 6.88. The van der Waals surface area contributed by atoms with Gasteiger partial charge in [-0.3, -0.25) is 4.79 Å². The van der Waals surface area contributed by atoms with E-state index in [1.165, 1.54) is 0 Å². The summed E-state index contributed by atoms with van der Waals surface area (Å²) < 4.78 is 5.69. The highest BCUT2D eigenvalue weighted by molar-refractivity contribution is 5.94. The van der Waals surface area contributed by atoms with E-state index in [9.17, 15) is 9.59 Å². The normalized spacial score (nSPS) is 20.0. The van der Waals surface area contributed by atoms with E-state index in [0.717, 1.165) is 11.1 Å². The molecule has 29 heavy (non-hydrogen) atoms. The molecule has 3 rings (SSSR count). The Morgan fingerprint density at radius 1 is 1.03 bits per heavy atom. The van der Waals surface area contributed by atoms with Crippen molar-refractivity contribution in [1.29, 1.82) is 0 Å². The van der Waals surface area contributed by atoms with Gasteiger partial charge in [-0.25, -0.2) is 4.79 Å². The molecular weight excluding hydrogens is 366 g/mol. The van der Waals surface area contributed by atoms with Gasteiger partial charge in [0.15, 0.2) is 0 Å². The minimum Gasteiger partial charge on any atom is -0.372 e. The number of urea groups is 1. The summed E-state index contributed by atoms with van der Waals surface area (Å²) in [5.41, 5.74) is 2.64. The van der Waals surface area contributed by atoms with Gasteiger partial charge in [-0.05, 0) is 44.0 Å². The number of nitrogens with zero attached hydrogens (tertiary/aromatic N) is 1. The van der Waals surface area contributed by atoms with E-state index in [-0.39, 0.29) is 30.2 Å². The number of hydrogen-bond acceptors (Lipinski definition) is 3. The highest BCUT2D eigenvalue weighted by Crippen LogP contribution is 2.15. The minimum atomic E-state index is -0.224. The van der Waals surface area contributed by atoms with Gasteiger partial charge in [-0.2, -0.15) is 0 Å². The van der Waals surface area contributed by atoms with Crippen molar-refractivity contribution in [2.75, 3.05) is 13.1 Å². The van der Waals surface area contributed by atoms with Crippen molar-refractivity contribution in [3.63, 3.8) is 0 Å². The highest BCUT2D eigenvalue weighted by Gasteiger charge is 2.26. The lowest BCUT2D eigenvalue weighted by Crippen LogP contribution is -2.48. The Labute approximate surface area is 172 Å². The second-order valence-corrected chi connectivity index (χ2v) is 7.62. The zero-order chi connectivity index (χ0) is 20.8. The quantitative estimate of drug-likeness (QED) is 0.814. The lowest BCUT2D eigenvalue weighted by molar-refractivity contribution is -0.0586. The van der Waals surface area contributed by atoms with Crippen LogP contribution in [0.5, 0.6) is 0 Å². The monoisotopic (exact) mass is 395 g/mol. The molecule has 0 aliphatic carbocycles. The molecule has 6 heteroatoms. The molecule has 1 fully saturated rings. The first-order chi connectivity index (χ1) is 13.9. The predicted molar refractivity (Wildman–Crippen MR) is 113 cm³/mol. The SMILES string of the molecule is CC1CN(C(=O)c2ccc(CNC(=O)NC(C)c3ccccc3)cc2)CC(C)O1. The van der Waals surface area contributed by atoms with E-state index in [1.54, 1.807) is 0 Å². The number of hydrogen-bond donors (Lipinski definition) is 2. The van der Waals surface area contributed by atoms with Gasteiger partial charge in [0.1, 0.15) is 0 Å². The van der Waals surface area contributed by atoms with Gasteiger partial charge in [-0.1, -0.05) is 42.5 Å². The molecule has 3 amide bonds. The molecule has 2 aromatic carbocycles. The van der Waals surface area contributed by atoms with Crippen molar-refractivity contribution in [3.8, 4) is 0 Å². The Morgan fingerprint density at radius 2 is 1.66 bits per heavy atom. The Hall–Kier alpha value is -2.86. The number of benzene rings is 2. The fourth-order valence-electron chi connectivity index (χ4n) is 3.55. The van der Waals surface area contributed by atoms with E-state index < -0.39 is 0 Å². The van der Waals surface area contributed by atoms with Crippen LogP contribution in [-0.4, -0.2) is 42.1 Å². The van der Waals surface area contributed by atoms with Gasteiger partial charge in [0.2, 0.25) is 0 Å². The molecule has 154 valence electrons. The molecule has 1 heterocycles. The molecule has 0 spiro atoms. The first-order valence-electron chi connectivity index (χ1n) is 10.1. The predicted octanol–water partition coefficient (Wildman–Crippen LogP) is 3.50. The molecule has 1 aliphatic heterocycles. The topological polar surface area (TPSA) is 70.7 Å². The summed E-state index contributed by atoms with van der Waals surface area (Å²) in [5, 5.41) is 5.79. The summed E-state index contributed by atoms with van der Waals surface area (Å²) in [6, 6.07) is 16.9. The van der Waals surface area contributed by atoms with Crippen molar-refractivity contribution in [1.82, 2.24) is 15.5 Å². The van der Waals surface area contributed by atoms with Gasteiger partial charge < -0.3 is 20.3 Å². The molecule has 1 saturated heterocycles. The van der Waals surface area contributed by atoms with E-state index >= 15 is 0 Å². The van der Waals surface area contributed by atoms with Gasteiger partial charge >= 0.3 is 6.03 Å². The van der Waals surface area contributed by atoms with Crippen molar-refractivity contribution in [2.45, 2.75) is 45.6 Å². The Bertz CT molecular complexity index is 813. The van der Waals surface area contributed by atoms with Crippen LogP contribution in [-0.2, 0) is 11.3 Å². The average Bonchev–Trinajstić information content (AvgIpc) is 2.72. The number of amides is 3. The molecule has 1 aliphatic rings. The minimum absolute atomic E-state index is 0.0148. The van der Waals surface area contributed by atoms with Crippen molar-refractivity contribution >= 4 is 11.9 Å². The molecule has 3 atom stereocenters. The van der Waals surface area contributed by atoms with E-state index in [4.69, 9.17) is 4.74 Å². The van der Waals surface area contributed by atoms with Crippen LogP contribution in [0.2, 0.25) is 0 Å². The summed E-state index contributed by atoms with van der Waals surface area (Å²) in [7, 11) is 0. The number of carbonyl (C=O) groups is 2. The Balaban J connectivity index is 1.50. The van der Waals surface area contributed by atoms with Gasteiger partial charge in [0.05, 0.1) is 18.2 Å². The molecule has 0 aromatic heterocycles. The van der Waals surface area contributed by atoms with Gasteiger partial charge in [-0.15, -0.1) is 0 Å². The van der Waals surface area contributed by atoms with Gasteiger partial charge in [0, 0.05) is 25.2 Å². The molecule has 0 saturated carbocycles. The van der Waals surface area contributed by atoms with E-state index in [2.05, 4.69) is 10.6 Å². The first kappa shape index (κ1) is 20.9. The molecule has 3 unspecified atom stereocenters. The standard InChI is InChI=1S/C23H29N3O3/c1-16-14-26(15-17(2)29-16)22(27)21-11-9-19(10-12-21)13-24-23(28)25-18(3)20-7-5-4-6-8-20/h4-12,16-18H,13-15H2,1-3H3,(H2,24,25,28). The average molecular weight is 396 g/mol. The summed E-state index contributed by atoms with van der Waals surface area (Å²) in [6.07, 6.45) is 0.0888. The largest absolute Gasteiger partial charge is 0.372 e. The molecule has 2 aromatic rings. The first-order valence-corrected chi connectivity index (χ1v) is 10.1. The van der Waals surface area contributed by atoms with Crippen molar-refractivity contribution < 1.29 is 14.3 Å². The third-order valence-corrected chi connectivity index (χ3v) is 5.01. The van der Waals surface area contributed by atoms with Crippen LogP contribution in [0, 0.1) is 0 Å². The molecule has 6 nitrogen and oxygen atoms in total. The number of morpholine rings is 1. The third kappa shape index (κ3) is 5.81. The molecule has 0 radical (unpaired) electrons. The van der Waals surface area contributed by atoms with Gasteiger partial charge in [0.25, 0.3) is 5.91 Å². The van der Waals surface area contributed by atoms with Crippen LogP contribution in [0.15, 0.2) is 54.6 Å². The smallest absolute Gasteiger partial charge is 0.315 e. The number of nitrogens with one attached hydrogen (secondary N) is 2. The van der Waals surface area contributed by atoms with Crippen LogP contribution in [0.25, 0.3) is 0 Å². The maximum Gasteiger partial charge on any atom is 0.315 e. The second-order valence-electron chi connectivity index (χ2n) is 7.62. The summed E-state index contributed by atoms with van der Waals surface area (Å²) in [6.45, 7) is 7.51. The molecular formula is C23H29N3O3. The summed E-state index contributed by atoms with van der Waals surface area (Å²) in [5.74, 6) is 0.0148. The van der Waals surface area contributed by atoms with Crippen molar-refractivity contribution in [3.05, 3.63) is 71.3 Å². The number of rotatable bonds is 5. The summed E-state index contributed by atoms with van der Waals surface area (Å²) in [4.78, 5) is 26.7. The molecule has 0 bridgehead atoms. The highest BCUT2D eigenvalue weighted by atomic mass is 16.5. The van der Waals surface area contributed by atoms with E-state index in [0.29, 0.717) is 25.2 Å². The van der Waals surface area contributed by atoms with Crippen LogP contribution in [0.3, 0.4) is 0 Å². The lowest BCUT2D eigenvalue weighted by Gasteiger charge is -2.35. The Morgan fingerprint density at radius 3 is 2.28 bits per heavy atom. The van der Waals surface area contributed by atoms with Crippen molar-refractivity contribution in [2.24, 2.45) is 0 Å². The number of ether oxygens (including phenoxy) is 1. The fourth-order valence-corrected chi connectivity index (χ4v) is 3.55.